The van der Waals surface area contributed by atoms with Gasteiger partial charge in [-0.3, -0.25) is 4.98 Å². The maximum absolute atomic E-state index is 12.7. The first-order valence-corrected chi connectivity index (χ1v) is 4.55. The van der Waals surface area contributed by atoms with Gasteiger partial charge in [-0.15, -0.1) is 0 Å². The summed E-state index contributed by atoms with van der Waals surface area (Å²) in [5, 5.41) is 9.11. The number of alkyl halides is 3. The molecule has 0 aliphatic carbocycles. The third-order valence-electron chi connectivity index (χ3n) is 2.23. The lowest BCUT2D eigenvalue weighted by Gasteiger charge is -2.11. The molecule has 0 aliphatic rings. The molecule has 0 radical (unpaired) electrons. The Bertz CT molecular complexity index is 549. The molecule has 0 fully saturated rings. The fraction of sp³-hybridized carbons (Fsp3) is 0.182. The molecule has 0 saturated heterocycles. The molecule has 1 aromatic heterocycles. The Morgan fingerprint density at radius 1 is 1.19 bits per heavy atom. The number of phenols is 1. The van der Waals surface area contributed by atoms with Crippen LogP contribution in [0.1, 0.15) is 11.3 Å². The summed E-state index contributed by atoms with van der Waals surface area (Å²) in [5.41, 5.74) is -0.249. The van der Waals surface area contributed by atoms with Gasteiger partial charge in [0.05, 0.1) is 11.1 Å². The molecule has 16 heavy (non-hydrogen) atoms. The van der Waals surface area contributed by atoms with E-state index in [2.05, 4.69) is 4.98 Å². The van der Waals surface area contributed by atoms with E-state index in [9.17, 15) is 18.3 Å². The van der Waals surface area contributed by atoms with Crippen molar-refractivity contribution < 1.29 is 18.3 Å². The van der Waals surface area contributed by atoms with E-state index in [1.807, 2.05) is 0 Å². The van der Waals surface area contributed by atoms with E-state index in [4.69, 9.17) is 0 Å². The summed E-state index contributed by atoms with van der Waals surface area (Å²) in [5.74, 6) is -0.205. The highest BCUT2D eigenvalue weighted by atomic mass is 19.4. The molecule has 2 nitrogen and oxygen atoms in total. The van der Waals surface area contributed by atoms with Crippen molar-refractivity contribution in [3.63, 3.8) is 0 Å². The summed E-state index contributed by atoms with van der Waals surface area (Å²) < 4.78 is 38.2. The van der Waals surface area contributed by atoms with Gasteiger partial charge in [0.2, 0.25) is 0 Å². The van der Waals surface area contributed by atoms with Crippen LogP contribution in [0, 0.1) is 6.92 Å². The fourth-order valence-electron chi connectivity index (χ4n) is 1.58. The number of rotatable bonds is 0. The number of benzene rings is 1. The Labute approximate surface area is 89.4 Å². The van der Waals surface area contributed by atoms with E-state index in [-0.39, 0.29) is 16.7 Å². The van der Waals surface area contributed by atoms with E-state index < -0.39 is 11.7 Å². The lowest BCUT2D eigenvalue weighted by Crippen LogP contribution is -2.07. The molecular formula is C11H8F3NO. The molecule has 5 heteroatoms. The minimum atomic E-state index is -4.44. The highest BCUT2D eigenvalue weighted by Gasteiger charge is 2.33. The molecule has 0 spiro atoms. The molecule has 1 N–H and O–H groups in total. The lowest BCUT2D eigenvalue weighted by molar-refractivity contribution is -0.136. The molecule has 2 rings (SSSR count). The zero-order valence-electron chi connectivity index (χ0n) is 8.34. The van der Waals surface area contributed by atoms with E-state index in [1.54, 1.807) is 0 Å². The van der Waals surface area contributed by atoms with Gasteiger partial charge in [-0.1, -0.05) is 0 Å². The van der Waals surface area contributed by atoms with E-state index >= 15 is 0 Å². The van der Waals surface area contributed by atoms with Gasteiger partial charge in [-0.2, -0.15) is 13.2 Å². The number of pyridine rings is 1. The Morgan fingerprint density at radius 2 is 1.88 bits per heavy atom. The van der Waals surface area contributed by atoms with Crippen molar-refractivity contribution in [2.75, 3.05) is 0 Å². The van der Waals surface area contributed by atoms with Gasteiger partial charge in [0.15, 0.2) is 0 Å². The van der Waals surface area contributed by atoms with Crippen LogP contribution in [0.25, 0.3) is 10.9 Å². The molecule has 0 amide bonds. The van der Waals surface area contributed by atoms with Crippen LogP contribution in [0.3, 0.4) is 0 Å². The second-order valence-electron chi connectivity index (χ2n) is 3.51. The van der Waals surface area contributed by atoms with Crippen LogP contribution in [-0.4, -0.2) is 10.1 Å². The maximum atomic E-state index is 12.7. The average Bonchev–Trinajstić information content (AvgIpc) is 2.16. The predicted molar refractivity (Wildman–Crippen MR) is 53.1 cm³/mol. The monoisotopic (exact) mass is 227 g/mol. The van der Waals surface area contributed by atoms with E-state index in [0.717, 1.165) is 12.1 Å². The van der Waals surface area contributed by atoms with Crippen molar-refractivity contribution in [2.45, 2.75) is 13.1 Å². The summed E-state index contributed by atoms with van der Waals surface area (Å²) in [6, 6.07) is 4.73. The summed E-state index contributed by atoms with van der Waals surface area (Å²) >= 11 is 0. The van der Waals surface area contributed by atoms with Crippen molar-refractivity contribution >= 4 is 10.9 Å². The second-order valence-corrected chi connectivity index (χ2v) is 3.51. The largest absolute Gasteiger partial charge is 0.508 e. The molecule has 1 heterocycles. The molecule has 0 atom stereocenters. The van der Waals surface area contributed by atoms with Crippen LogP contribution in [0.2, 0.25) is 0 Å². The second kappa shape index (κ2) is 3.37. The van der Waals surface area contributed by atoms with Crippen molar-refractivity contribution in [1.82, 2.24) is 4.98 Å². The van der Waals surface area contributed by atoms with E-state index in [1.165, 1.54) is 19.1 Å². The number of hydrogen-bond donors (Lipinski definition) is 1. The summed E-state index contributed by atoms with van der Waals surface area (Å²) in [6.45, 7) is 1.50. The first-order chi connectivity index (χ1) is 7.38. The number of aromatic hydroxyl groups is 1. The molecule has 1 aromatic carbocycles. The van der Waals surface area contributed by atoms with Crippen LogP contribution < -0.4 is 0 Å². The number of phenolic OH excluding ortho intramolecular Hbond substituents is 1. The third-order valence-corrected chi connectivity index (χ3v) is 2.23. The van der Waals surface area contributed by atoms with Gasteiger partial charge in [-0.25, -0.2) is 0 Å². The Balaban J connectivity index is 2.85. The predicted octanol–water partition coefficient (Wildman–Crippen LogP) is 3.27. The van der Waals surface area contributed by atoms with Crippen LogP contribution in [0.5, 0.6) is 5.75 Å². The highest BCUT2D eigenvalue weighted by Crippen LogP contribution is 2.35. The lowest BCUT2D eigenvalue weighted by atomic mass is 10.1. The smallest absolute Gasteiger partial charge is 0.417 e. The molecule has 84 valence electrons. The minimum Gasteiger partial charge on any atom is -0.508 e. The van der Waals surface area contributed by atoms with Crippen molar-refractivity contribution in [1.29, 1.82) is 0 Å². The van der Waals surface area contributed by atoms with Crippen LogP contribution in [0.15, 0.2) is 24.3 Å². The van der Waals surface area contributed by atoms with Crippen LogP contribution >= 0.6 is 0 Å². The molecule has 0 unspecified atom stereocenters. The van der Waals surface area contributed by atoms with Gasteiger partial charge in [0.25, 0.3) is 0 Å². The fourth-order valence-corrected chi connectivity index (χ4v) is 1.58. The standard InChI is InChI=1S/C11H8F3NO/c1-6-4-9(11(12,13)14)8-5-7(16)2-3-10(8)15-6/h2-5,16H,1H3. The Morgan fingerprint density at radius 3 is 2.50 bits per heavy atom. The van der Waals surface area contributed by atoms with Crippen LogP contribution in [-0.2, 0) is 6.18 Å². The SMILES string of the molecule is Cc1cc(C(F)(F)F)c2cc(O)ccc2n1. The molecule has 0 bridgehead atoms. The quantitative estimate of drug-likeness (QED) is 0.749. The first kappa shape index (κ1) is 10.7. The Kier molecular flexibility index (Phi) is 2.26. The molecule has 0 saturated carbocycles. The number of aromatic nitrogens is 1. The molecule has 0 aliphatic heterocycles. The zero-order valence-corrected chi connectivity index (χ0v) is 8.34. The van der Waals surface area contributed by atoms with Gasteiger partial charge in [-0.05, 0) is 31.2 Å². The summed E-state index contributed by atoms with van der Waals surface area (Å²) in [4.78, 5) is 3.98. The molecular weight excluding hydrogens is 219 g/mol. The number of hydrogen-bond acceptors (Lipinski definition) is 2. The Hall–Kier alpha value is -1.78. The minimum absolute atomic E-state index is 0.0851. The number of aryl methyl sites for hydroxylation is 1. The van der Waals surface area contributed by atoms with Crippen molar-refractivity contribution in [2.24, 2.45) is 0 Å². The van der Waals surface area contributed by atoms with Gasteiger partial charge < -0.3 is 5.11 Å². The normalized spacial score (nSPS) is 12.0. The topological polar surface area (TPSA) is 33.1 Å². The van der Waals surface area contributed by atoms with Crippen molar-refractivity contribution in [3.8, 4) is 5.75 Å². The number of nitrogens with zero attached hydrogens (tertiary/aromatic N) is 1. The first-order valence-electron chi connectivity index (χ1n) is 4.55. The van der Waals surface area contributed by atoms with Gasteiger partial charge >= 0.3 is 6.18 Å². The van der Waals surface area contributed by atoms with E-state index in [0.29, 0.717) is 5.69 Å². The summed E-state index contributed by atoms with van der Waals surface area (Å²) in [6.07, 6.45) is -4.44. The number of fused-ring (bicyclic) bond motifs is 1. The highest BCUT2D eigenvalue weighted by molar-refractivity contribution is 5.84. The number of halogens is 3. The summed E-state index contributed by atoms with van der Waals surface area (Å²) in [7, 11) is 0. The van der Waals surface area contributed by atoms with Crippen LogP contribution in [0.4, 0.5) is 13.2 Å². The molecule has 2 aromatic rings. The van der Waals surface area contributed by atoms with Gasteiger partial charge in [0.1, 0.15) is 5.75 Å². The van der Waals surface area contributed by atoms with Gasteiger partial charge in [0, 0.05) is 11.1 Å². The maximum Gasteiger partial charge on any atom is 0.417 e. The average molecular weight is 227 g/mol. The third kappa shape index (κ3) is 1.80. The zero-order chi connectivity index (χ0) is 11.9. The van der Waals surface area contributed by atoms with Crippen molar-refractivity contribution in [3.05, 3.63) is 35.5 Å².